The first-order chi connectivity index (χ1) is 6.36. The van der Waals surface area contributed by atoms with Crippen LogP contribution >= 0.6 is 45.2 Å². The number of hydrogen-bond acceptors (Lipinski definition) is 3. The van der Waals surface area contributed by atoms with Gasteiger partial charge in [0.15, 0.2) is 0 Å². The second-order valence-corrected chi connectivity index (χ2v) is 6.35. The molecule has 2 N–H and O–H groups in total. The predicted octanol–water partition coefficient (Wildman–Crippen LogP) is 1.55. The third-order valence-electron chi connectivity index (χ3n) is 1.50. The highest BCUT2D eigenvalue weighted by Crippen LogP contribution is 2.29. The normalized spacial score (nSPS) is 11.4. The maximum atomic E-state index is 11.1. The minimum atomic E-state index is -3.64. The zero-order valence-corrected chi connectivity index (χ0v) is 12.3. The van der Waals surface area contributed by atoms with E-state index in [-0.39, 0.29) is 4.90 Å². The molecule has 0 amide bonds. The molecule has 0 spiro atoms. The lowest BCUT2D eigenvalue weighted by molar-refractivity contribution is 0.408. The van der Waals surface area contributed by atoms with Gasteiger partial charge in [-0.2, -0.15) is 0 Å². The lowest BCUT2D eigenvalue weighted by atomic mass is 10.3. The van der Waals surface area contributed by atoms with Gasteiger partial charge in [-0.05, 0) is 57.3 Å². The van der Waals surface area contributed by atoms with Crippen LogP contribution in [-0.4, -0.2) is 15.5 Å². The van der Waals surface area contributed by atoms with Gasteiger partial charge in [-0.25, -0.2) is 13.6 Å². The van der Waals surface area contributed by atoms with Gasteiger partial charge in [0.1, 0.15) is 5.75 Å². The number of ether oxygens (including phenoxy) is 1. The predicted molar refractivity (Wildman–Crippen MR) is 69.8 cm³/mol. The number of halogens is 2. The first kappa shape index (κ1) is 12.5. The monoisotopic (exact) mass is 439 g/mol. The second kappa shape index (κ2) is 4.49. The molecule has 78 valence electrons. The molecule has 1 rings (SSSR count). The molecule has 7 heteroatoms. The number of sulfonamides is 1. The highest BCUT2D eigenvalue weighted by molar-refractivity contribution is 14.1. The Morgan fingerprint density at radius 3 is 2.00 bits per heavy atom. The second-order valence-electron chi connectivity index (χ2n) is 2.47. The van der Waals surface area contributed by atoms with Crippen molar-refractivity contribution in [3.8, 4) is 5.75 Å². The van der Waals surface area contributed by atoms with Crippen molar-refractivity contribution in [2.45, 2.75) is 4.90 Å². The molecule has 0 aromatic heterocycles. The van der Waals surface area contributed by atoms with E-state index in [4.69, 9.17) is 9.88 Å². The largest absolute Gasteiger partial charge is 0.495 e. The Hall–Kier alpha value is 0.390. The third kappa shape index (κ3) is 2.70. The molecule has 14 heavy (non-hydrogen) atoms. The van der Waals surface area contributed by atoms with Crippen molar-refractivity contribution < 1.29 is 13.2 Å². The first-order valence-corrected chi connectivity index (χ1v) is 7.12. The molecule has 0 fully saturated rings. The van der Waals surface area contributed by atoms with Crippen molar-refractivity contribution in [2.24, 2.45) is 5.14 Å². The molecule has 0 bridgehead atoms. The molecule has 4 nitrogen and oxygen atoms in total. The van der Waals surface area contributed by atoms with Crippen LogP contribution < -0.4 is 9.88 Å². The molecular formula is C7H7I2NO3S. The van der Waals surface area contributed by atoms with Gasteiger partial charge in [-0.3, -0.25) is 0 Å². The maximum absolute atomic E-state index is 11.1. The molecular weight excluding hydrogens is 432 g/mol. The quantitative estimate of drug-likeness (QED) is 0.712. The van der Waals surface area contributed by atoms with E-state index < -0.39 is 10.0 Å². The van der Waals surface area contributed by atoms with Crippen LogP contribution in [0.25, 0.3) is 0 Å². The number of nitrogens with two attached hydrogens (primary N) is 1. The minimum Gasteiger partial charge on any atom is -0.495 e. The summed E-state index contributed by atoms with van der Waals surface area (Å²) >= 11 is 4.00. The van der Waals surface area contributed by atoms with Gasteiger partial charge < -0.3 is 4.74 Å². The van der Waals surface area contributed by atoms with E-state index in [0.717, 1.165) is 7.14 Å². The van der Waals surface area contributed by atoms with Crippen LogP contribution in [0, 0.1) is 7.14 Å². The Labute approximate surface area is 110 Å². The Morgan fingerprint density at radius 2 is 1.71 bits per heavy atom. The van der Waals surface area contributed by atoms with Crippen LogP contribution in [-0.2, 0) is 10.0 Å². The lowest BCUT2D eigenvalue weighted by Crippen LogP contribution is -2.12. The Balaban J connectivity index is 3.43. The summed E-state index contributed by atoms with van der Waals surface area (Å²) in [5, 5.41) is 5.01. The fourth-order valence-electron chi connectivity index (χ4n) is 0.896. The lowest BCUT2D eigenvalue weighted by Gasteiger charge is -2.07. The number of hydrogen-bond donors (Lipinski definition) is 1. The zero-order valence-electron chi connectivity index (χ0n) is 7.12. The molecule has 0 saturated heterocycles. The molecule has 1 aromatic carbocycles. The molecule has 0 heterocycles. The van der Waals surface area contributed by atoms with Crippen LogP contribution in [0.15, 0.2) is 17.0 Å². The van der Waals surface area contributed by atoms with E-state index in [2.05, 4.69) is 0 Å². The van der Waals surface area contributed by atoms with E-state index >= 15 is 0 Å². The van der Waals surface area contributed by atoms with Crippen LogP contribution in [0.5, 0.6) is 5.75 Å². The molecule has 0 radical (unpaired) electrons. The van der Waals surface area contributed by atoms with Crippen LogP contribution in [0.4, 0.5) is 0 Å². The van der Waals surface area contributed by atoms with E-state index in [1.807, 2.05) is 45.2 Å². The SMILES string of the molecule is COc1c(I)cc(S(N)(=O)=O)cc1I. The van der Waals surface area contributed by atoms with Crippen molar-refractivity contribution in [3.63, 3.8) is 0 Å². The van der Waals surface area contributed by atoms with Crippen molar-refractivity contribution in [2.75, 3.05) is 7.11 Å². The summed E-state index contributed by atoms with van der Waals surface area (Å²) in [4.78, 5) is 0.104. The topological polar surface area (TPSA) is 69.4 Å². The summed E-state index contributed by atoms with van der Waals surface area (Å²) in [5.41, 5.74) is 0. The zero-order chi connectivity index (χ0) is 10.9. The van der Waals surface area contributed by atoms with Gasteiger partial charge in [0, 0.05) is 0 Å². The van der Waals surface area contributed by atoms with Crippen LogP contribution in [0.2, 0.25) is 0 Å². The smallest absolute Gasteiger partial charge is 0.238 e. The summed E-state index contributed by atoms with van der Waals surface area (Å²) in [6, 6.07) is 2.97. The average molecular weight is 439 g/mol. The van der Waals surface area contributed by atoms with E-state index in [1.165, 1.54) is 19.2 Å². The summed E-state index contributed by atoms with van der Waals surface area (Å²) in [6.45, 7) is 0. The van der Waals surface area contributed by atoms with Crippen molar-refractivity contribution in [1.29, 1.82) is 0 Å². The number of benzene rings is 1. The van der Waals surface area contributed by atoms with Crippen LogP contribution in [0.1, 0.15) is 0 Å². The van der Waals surface area contributed by atoms with Gasteiger partial charge in [-0.15, -0.1) is 0 Å². The summed E-state index contributed by atoms with van der Waals surface area (Å²) in [6.07, 6.45) is 0. The van der Waals surface area contributed by atoms with Gasteiger partial charge in [0.2, 0.25) is 10.0 Å². The molecule has 0 aliphatic heterocycles. The summed E-state index contributed by atoms with van der Waals surface area (Å²) in [7, 11) is -2.10. The van der Waals surface area contributed by atoms with E-state index in [9.17, 15) is 8.42 Å². The number of rotatable bonds is 2. The molecule has 0 aliphatic carbocycles. The van der Waals surface area contributed by atoms with E-state index in [0.29, 0.717) is 5.75 Å². The third-order valence-corrected chi connectivity index (χ3v) is 4.00. The Kier molecular flexibility index (Phi) is 4.00. The molecule has 0 aliphatic rings. The highest BCUT2D eigenvalue weighted by atomic mass is 127. The van der Waals surface area contributed by atoms with Crippen molar-refractivity contribution in [3.05, 3.63) is 19.3 Å². The van der Waals surface area contributed by atoms with E-state index in [1.54, 1.807) is 0 Å². The molecule has 0 atom stereocenters. The fourth-order valence-corrected chi connectivity index (χ4v) is 4.09. The first-order valence-electron chi connectivity index (χ1n) is 3.42. The summed E-state index contributed by atoms with van der Waals surface area (Å²) in [5.74, 6) is 0.665. The van der Waals surface area contributed by atoms with Crippen molar-refractivity contribution in [1.82, 2.24) is 0 Å². The number of primary sulfonamides is 1. The van der Waals surface area contributed by atoms with Gasteiger partial charge in [0.25, 0.3) is 0 Å². The van der Waals surface area contributed by atoms with Gasteiger partial charge in [-0.1, -0.05) is 0 Å². The van der Waals surface area contributed by atoms with Gasteiger partial charge >= 0.3 is 0 Å². The minimum absolute atomic E-state index is 0.104. The van der Waals surface area contributed by atoms with Gasteiger partial charge in [0.05, 0.1) is 19.1 Å². The molecule has 0 saturated carbocycles. The molecule has 0 unspecified atom stereocenters. The van der Waals surface area contributed by atoms with Crippen molar-refractivity contribution >= 4 is 55.2 Å². The average Bonchev–Trinajstić information content (AvgIpc) is 2.01. The maximum Gasteiger partial charge on any atom is 0.238 e. The number of methoxy groups -OCH3 is 1. The standard InChI is InChI=1S/C7H7I2NO3S/c1-13-7-5(8)2-4(3-6(7)9)14(10,11)12/h2-3H,1H3,(H2,10,11,12). The highest BCUT2D eigenvalue weighted by Gasteiger charge is 2.14. The Bertz CT molecular complexity index is 435. The van der Waals surface area contributed by atoms with Crippen LogP contribution in [0.3, 0.4) is 0 Å². The summed E-state index contributed by atoms with van der Waals surface area (Å²) < 4.78 is 28.7. The Morgan fingerprint density at radius 1 is 1.29 bits per heavy atom. The fraction of sp³-hybridized carbons (Fsp3) is 0.143. The molecule has 1 aromatic rings.